The summed E-state index contributed by atoms with van der Waals surface area (Å²) in [5, 5.41) is 40.4. The second-order valence-electron chi connectivity index (χ2n) is 5.93. The predicted octanol–water partition coefficient (Wildman–Crippen LogP) is 1.53. The maximum Gasteiger partial charge on any atom is 0.328 e. The number of nitrogens with one attached hydrogen (secondary N) is 2. The van der Waals surface area contributed by atoms with Crippen molar-refractivity contribution in [2.75, 3.05) is 11.9 Å². The molecular formula is C17H20N4O7. The highest BCUT2D eigenvalue weighted by Crippen LogP contribution is 2.16. The SMILES string of the molecule is CC(C)(CNc1ccc([N+](=O)[O-])cc1)NC(=O)CC#N.O=C(O)/C=C/C(=O)O. The fourth-order valence-electron chi connectivity index (χ4n) is 1.70. The van der Waals surface area contributed by atoms with Crippen LogP contribution in [0.1, 0.15) is 20.3 Å². The minimum atomic E-state index is -1.26. The van der Waals surface area contributed by atoms with Crippen molar-refractivity contribution in [3.63, 3.8) is 0 Å². The van der Waals surface area contributed by atoms with Crippen LogP contribution in [0, 0.1) is 21.4 Å². The van der Waals surface area contributed by atoms with E-state index in [1.807, 2.05) is 13.8 Å². The molecule has 0 unspecified atom stereocenters. The normalized spacial score (nSPS) is 10.2. The lowest BCUT2D eigenvalue weighted by molar-refractivity contribution is -0.384. The molecule has 0 aromatic heterocycles. The van der Waals surface area contributed by atoms with Crippen LogP contribution in [0.2, 0.25) is 0 Å². The summed E-state index contributed by atoms with van der Waals surface area (Å²) in [7, 11) is 0. The minimum Gasteiger partial charge on any atom is -0.478 e. The number of nitrogens with zero attached hydrogens (tertiary/aromatic N) is 2. The van der Waals surface area contributed by atoms with Crippen LogP contribution in [-0.2, 0) is 14.4 Å². The van der Waals surface area contributed by atoms with Gasteiger partial charge in [0.1, 0.15) is 6.42 Å². The number of benzene rings is 1. The predicted molar refractivity (Wildman–Crippen MR) is 98.4 cm³/mol. The molecule has 0 radical (unpaired) electrons. The molecule has 0 aliphatic carbocycles. The topological polar surface area (TPSA) is 183 Å². The van der Waals surface area contributed by atoms with Gasteiger partial charge in [0.25, 0.3) is 5.69 Å². The molecule has 0 bridgehead atoms. The molecule has 28 heavy (non-hydrogen) atoms. The Morgan fingerprint density at radius 3 is 2.07 bits per heavy atom. The van der Waals surface area contributed by atoms with Crippen molar-refractivity contribution in [3.8, 4) is 6.07 Å². The number of nitro benzene ring substituents is 1. The first-order chi connectivity index (χ1) is 13.0. The zero-order valence-corrected chi connectivity index (χ0v) is 15.2. The third-order valence-corrected chi connectivity index (χ3v) is 2.90. The second-order valence-corrected chi connectivity index (χ2v) is 5.93. The van der Waals surface area contributed by atoms with Crippen molar-refractivity contribution in [2.24, 2.45) is 0 Å². The second kappa shape index (κ2) is 11.6. The smallest absolute Gasteiger partial charge is 0.328 e. The van der Waals surface area contributed by atoms with E-state index in [9.17, 15) is 24.5 Å². The molecule has 4 N–H and O–H groups in total. The van der Waals surface area contributed by atoms with E-state index in [0.717, 1.165) is 5.69 Å². The average molecular weight is 392 g/mol. The van der Waals surface area contributed by atoms with E-state index in [1.165, 1.54) is 12.1 Å². The Morgan fingerprint density at radius 1 is 1.18 bits per heavy atom. The molecule has 0 aliphatic rings. The number of nitro groups is 1. The highest BCUT2D eigenvalue weighted by atomic mass is 16.6. The molecule has 0 aliphatic heterocycles. The van der Waals surface area contributed by atoms with Gasteiger partial charge in [-0.05, 0) is 26.0 Å². The van der Waals surface area contributed by atoms with Crippen molar-refractivity contribution in [1.82, 2.24) is 5.32 Å². The van der Waals surface area contributed by atoms with E-state index in [-0.39, 0.29) is 18.0 Å². The maximum atomic E-state index is 11.4. The number of nitriles is 1. The number of amides is 1. The summed E-state index contributed by atoms with van der Waals surface area (Å²) in [4.78, 5) is 40.5. The number of non-ortho nitro benzene ring substituents is 1. The van der Waals surface area contributed by atoms with Crippen molar-refractivity contribution in [3.05, 3.63) is 46.5 Å². The Bertz CT molecular complexity index is 764. The van der Waals surface area contributed by atoms with Crippen LogP contribution >= 0.6 is 0 Å². The largest absolute Gasteiger partial charge is 0.478 e. The molecule has 11 heteroatoms. The van der Waals surface area contributed by atoms with Crippen LogP contribution in [0.25, 0.3) is 0 Å². The van der Waals surface area contributed by atoms with Gasteiger partial charge in [-0.1, -0.05) is 0 Å². The monoisotopic (exact) mass is 392 g/mol. The minimum absolute atomic E-state index is 0.0251. The molecule has 150 valence electrons. The third kappa shape index (κ3) is 11.6. The lowest BCUT2D eigenvalue weighted by Crippen LogP contribution is -2.48. The molecule has 1 aromatic carbocycles. The van der Waals surface area contributed by atoms with Gasteiger partial charge in [0.05, 0.1) is 16.5 Å². The van der Waals surface area contributed by atoms with Crippen molar-refractivity contribution in [1.29, 1.82) is 5.26 Å². The number of carboxylic acid groups (broad SMARTS) is 2. The molecule has 0 saturated carbocycles. The van der Waals surface area contributed by atoms with Crippen molar-refractivity contribution < 1.29 is 29.5 Å². The lowest BCUT2D eigenvalue weighted by atomic mass is 10.1. The zero-order chi connectivity index (χ0) is 21.7. The molecule has 0 saturated heterocycles. The number of carboxylic acids is 2. The molecule has 1 aromatic rings. The number of carbonyl (C=O) groups excluding carboxylic acids is 1. The molecule has 1 rings (SSSR count). The quantitative estimate of drug-likeness (QED) is 0.289. The number of carbonyl (C=O) groups is 3. The van der Waals surface area contributed by atoms with Crippen LogP contribution in [0.15, 0.2) is 36.4 Å². The van der Waals surface area contributed by atoms with Crippen molar-refractivity contribution >= 4 is 29.2 Å². The van der Waals surface area contributed by atoms with Crippen LogP contribution in [-0.4, -0.2) is 45.1 Å². The Kier molecular flexibility index (Phi) is 10.00. The third-order valence-electron chi connectivity index (χ3n) is 2.90. The first-order valence-electron chi connectivity index (χ1n) is 7.77. The summed E-state index contributed by atoms with van der Waals surface area (Å²) >= 11 is 0. The Balaban J connectivity index is 0.000000769. The molecule has 1 amide bonds. The number of rotatable bonds is 8. The Morgan fingerprint density at radius 2 is 1.68 bits per heavy atom. The average Bonchev–Trinajstić information content (AvgIpc) is 2.59. The van der Waals surface area contributed by atoms with Crippen LogP contribution in [0.5, 0.6) is 0 Å². The van der Waals surface area contributed by atoms with Gasteiger partial charge in [-0.2, -0.15) is 5.26 Å². The summed E-state index contributed by atoms with van der Waals surface area (Å²) < 4.78 is 0. The lowest BCUT2D eigenvalue weighted by Gasteiger charge is -2.26. The molecule has 0 fully saturated rings. The molecule has 0 heterocycles. The van der Waals surface area contributed by atoms with Gasteiger partial charge >= 0.3 is 11.9 Å². The molecular weight excluding hydrogens is 372 g/mol. The molecule has 0 spiro atoms. The van der Waals surface area contributed by atoms with Crippen LogP contribution in [0.3, 0.4) is 0 Å². The van der Waals surface area contributed by atoms with Gasteiger partial charge in [0.2, 0.25) is 5.91 Å². The van der Waals surface area contributed by atoms with Crippen LogP contribution < -0.4 is 10.6 Å². The van der Waals surface area contributed by atoms with E-state index in [0.29, 0.717) is 18.7 Å². The fraction of sp³-hybridized carbons (Fsp3) is 0.294. The molecule has 11 nitrogen and oxygen atoms in total. The Labute approximate surface area is 160 Å². The van der Waals surface area contributed by atoms with E-state index in [1.54, 1.807) is 18.2 Å². The number of hydrogen-bond donors (Lipinski definition) is 4. The zero-order valence-electron chi connectivity index (χ0n) is 15.2. The highest BCUT2D eigenvalue weighted by molar-refractivity contribution is 5.89. The van der Waals surface area contributed by atoms with Gasteiger partial charge in [-0.3, -0.25) is 14.9 Å². The van der Waals surface area contributed by atoms with Gasteiger partial charge in [-0.25, -0.2) is 9.59 Å². The first kappa shape index (κ1) is 24.1. The number of hydrogen-bond acceptors (Lipinski definition) is 7. The van der Waals surface area contributed by atoms with Crippen molar-refractivity contribution in [2.45, 2.75) is 25.8 Å². The van der Waals surface area contributed by atoms with Crippen LogP contribution in [0.4, 0.5) is 11.4 Å². The van der Waals surface area contributed by atoms with E-state index >= 15 is 0 Å². The maximum absolute atomic E-state index is 11.4. The first-order valence-corrected chi connectivity index (χ1v) is 7.77. The van der Waals surface area contributed by atoms with E-state index in [2.05, 4.69) is 10.6 Å². The Hall–Kier alpha value is -3.94. The van der Waals surface area contributed by atoms with Gasteiger partial charge < -0.3 is 20.8 Å². The standard InChI is InChI=1S/C13H16N4O3.C4H4O4/c1-13(2,16-12(18)7-8-14)9-15-10-3-5-11(6-4-10)17(19)20;5-3(6)1-2-4(7)8/h3-6,15H,7,9H2,1-2H3,(H,16,18);1-2H,(H,5,6)(H,7,8)/b;2-1+. The van der Waals surface area contributed by atoms with Gasteiger partial charge in [0, 0.05) is 36.5 Å². The van der Waals surface area contributed by atoms with E-state index in [4.69, 9.17) is 15.5 Å². The summed E-state index contributed by atoms with van der Waals surface area (Å²) in [5.41, 5.74) is 0.214. The summed E-state index contributed by atoms with van der Waals surface area (Å²) in [5.74, 6) is -2.84. The number of aliphatic carboxylic acids is 2. The fourth-order valence-corrected chi connectivity index (χ4v) is 1.70. The summed E-state index contributed by atoms with van der Waals surface area (Å²) in [6.45, 7) is 4.07. The highest BCUT2D eigenvalue weighted by Gasteiger charge is 2.20. The summed E-state index contributed by atoms with van der Waals surface area (Å²) in [6, 6.07) is 7.80. The number of anilines is 1. The van der Waals surface area contributed by atoms with E-state index < -0.39 is 22.4 Å². The van der Waals surface area contributed by atoms with Gasteiger partial charge in [0.15, 0.2) is 0 Å². The summed E-state index contributed by atoms with van der Waals surface area (Å²) in [6.07, 6.45) is 0.936. The molecule has 0 atom stereocenters. The van der Waals surface area contributed by atoms with Gasteiger partial charge in [-0.15, -0.1) is 0 Å².